The highest BCUT2D eigenvalue weighted by molar-refractivity contribution is 5.99. The number of unbranched alkanes of at least 4 members (excludes halogenated alkanes) is 1. The van der Waals surface area contributed by atoms with Crippen LogP contribution in [-0.4, -0.2) is 60.3 Å². The summed E-state index contributed by atoms with van der Waals surface area (Å²) in [6.45, 7) is 3.75. The highest BCUT2D eigenvalue weighted by Crippen LogP contribution is 2.34. The number of nitrogens with one attached hydrogen (secondary N) is 1. The minimum Gasteiger partial charge on any atom is -0.493 e. The molecule has 1 saturated heterocycles. The van der Waals surface area contributed by atoms with E-state index >= 15 is 0 Å². The molecule has 0 radical (unpaired) electrons. The van der Waals surface area contributed by atoms with Crippen molar-refractivity contribution in [3.8, 4) is 28.3 Å². The second-order valence-electron chi connectivity index (χ2n) is 8.98. The topological polar surface area (TPSA) is 85.7 Å². The molecule has 4 rings (SSSR count). The van der Waals surface area contributed by atoms with E-state index in [2.05, 4.69) is 12.2 Å². The van der Waals surface area contributed by atoms with Crippen LogP contribution in [0.25, 0.3) is 16.8 Å². The molecule has 8 heteroatoms. The first kappa shape index (κ1) is 25.3. The average Bonchev–Trinajstić information content (AvgIpc) is 3.38. The molecule has 1 aromatic heterocycles. The molecule has 1 N–H and O–H groups in total. The number of para-hydroxylation sites is 1. The molecule has 2 amide bonds. The maximum Gasteiger partial charge on any atom is 0.275 e. The highest BCUT2D eigenvalue weighted by Gasteiger charge is 2.31. The maximum absolute atomic E-state index is 13.8. The van der Waals surface area contributed by atoms with Crippen molar-refractivity contribution in [3.05, 3.63) is 60.4 Å². The Kier molecular flexibility index (Phi) is 8.25. The van der Waals surface area contributed by atoms with Crippen molar-refractivity contribution in [3.63, 3.8) is 0 Å². The molecule has 0 saturated carbocycles. The van der Waals surface area contributed by atoms with Gasteiger partial charge in [0.1, 0.15) is 0 Å². The zero-order valence-corrected chi connectivity index (χ0v) is 21.2. The van der Waals surface area contributed by atoms with Gasteiger partial charge in [0.15, 0.2) is 17.2 Å². The summed E-state index contributed by atoms with van der Waals surface area (Å²) in [6, 6.07) is 15.2. The van der Waals surface area contributed by atoms with Crippen molar-refractivity contribution in [2.75, 3.05) is 33.9 Å². The molecular weight excluding hydrogens is 456 g/mol. The summed E-state index contributed by atoms with van der Waals surface area (Å²) >= 11 is 0. The van der Waals surface area contributed by atoms with Crippen molar-refractivity contribution in [1.29, 1.82) is 0 Å². The largest absolute Gasteiger partial charge is 0.493 e. The molecule has 3 aromatic rings. The summed E-state index contributed by atoms with van der Waals surface area (Å²) < 4.78 is 12.6. The van der Waals surface area contributed by atoms with E-state index in [-0.39, 0.29) is 17.7 Å². The fraction of sp³-hybridized carbons (Fsp3) is 0.393. The first-order chi connectivity index (χ1) is 17.5. The number of hydrogen-bond acceptors (Lipinski definition) is 5. The predicted octanol–water partition coefficient (Wildman–Crippen LogP) is 4.33. The highest BCUT2D eigenvalue weighted by atomic mass is 16.5. The molecule has 0 bridgehead atoms. The lowest BCUT2D eigenvalue weighted by atomic mass is 9.96. The lowest BCUT2D eigenvalue weighted by Crippen LogP contribution is -2.45. The predicted molar refractivity (Wildman–Crippen MR) is 139 cm³/mol. The van der Waals surface area contributed by atoms with Crippen LogP contribution in [0.3, 0.4) is 0 Å². The molecule has 1 aliphatic rings. The van der Waals surface area contributed by atoms with Crippen LogP contribution in [0, 0.1) is 5.92 Å². The fourth-order valence-corrected chi connectivity index (χ4v) is 4.52. The number of likely N-dealkylation sites (tertiary alicyclic amines) is 1. The molecule has 0 spiro atoms. The number of nitrogens with zero attached hydrogens (tertiary/aromatic N) is 3. The van der Waals surface area contributed by atoms with Gasteiger partial charge in [-0.3, -0.25) is 9.59 Å². The standard InChI is InChI=1S/C28H34N4O4/c1-4-5-15-29-27(33)21-10-9-16-31(18-21)28(34)26-23(19-32(30-26)22-11-7-6-8-12-22)20-13-14-24(35-2)25(17-20)36-3/h6-8,11-14,17,19,21H,4-5,9-10,15-16,18H2,1-3H3,(H,29,33). The summed E-state index contributed by atoms with van der Waals surface area (Å²) in [4.78, 5) is 28.3. The molecule has 1 fully saturated rings. The number of ether oxygens (including phenoxy) is 2. The zero-order valence-electron chi connectivity index (χ0n) is 21.2. The van der Waals surface area contributed by atoms with Crippen molar-refractivity contribution in [1.82, 2.24) is 20.0 Å². The molecule has 2 heterocycles. The van der Waals surface area contributed by atoms with Crippen LogP contribution < -0.4 is 14.8 Å². The number of hydrogen-bond donors (Lipinski definition) is 1. The fourth-order valence-electron chi connectivity index (χ4n) is 4.52. The summed E-state index contributed by atoms with van der Waals surface area (Å²) in [7, 11) is 3.17. The van der Waals surface area contributed by atoms with Crippen molar-refractivity contribution < 1.29 is 19.1 Å². The number of aromatic nitrogens is 2. The van der Waals surface area contributed by atoms with E-state index in [4.69, 9.17) is 14.6 Å². The van der Waals surface area contributed by atoms with Gasteiger partial charge in [-0.1, -0.05) is 37.6 Å². The number of piperidine rings is 1. The zero-order chi connectivity index (χ0) is 25.5. The minimum absolute atomic E-state index is 0.0240. The van der Waals surface area contributed by atoms with Gasteiger partial charge in [-0.25, -0.2) is 4.68 Å². The third-order valence-electron chi connectivity index (χ3n) is 6.54. The lowest BCUT2D eigenvalue weighted by molar-refractivity contribution is -0.126. The van der Waals surface area contributed by atoms with Gasteiger partial charge in [-0.15, -0.1) is 0 Å². The quantitative estimate of drug-likeness (QED) is 0.452. The Morgan fingerprint density at radius 1 is 1.08 bits per heavy atom. The SMILES string of the molecule is CCCCNC(=O)C1CCCN(C(=O)c2nn(-c3ccccc3)cc2-c2ccc(OC)c(OC)c2)C1. The van der Waals surface area contributed by atoms with Crippen LogP contribution >= 0.6 is 0 Å². The Hall–Kier alpha value is -3.81. The van der Waals surface area contributed by atoms with Crippen LogP contribution in [0.2, 0.25) is 0 Å². The van der Waals surface area contributed by atoms with Gasteiger partial charge in [0.05, 0.1) is 25.8 Å². The van der Waals surface area contributed by atoms with E-state index in [1.807, 2.05) is 54.7 Å². The number of methoxy groups -OCH3 is 2. The molecule has 36 heavy (non-hydrogen) atoms. The van der Waals surface area contributed by atoms with E-state index in [0.717, 1.165) is 36.9 Å². The number of carbonyl (C=O) groups excluding carboxylic acids is 2. The molecule has 8 nitrogen and oxygen atoms in total. The molecule has 1 atom stereocenters. The van der Waals surface area contributed by atoms with Crippen molar-refractivity contribution >= 4 is 11.8 Å². The second kappa shape index (κ2) is 11.7. The third kappa shape index (κ3) is 5.53. The maximum atomic E-state index is 13.8. The van der Waals surface area contributed by atoms with Crippen LogP contribution in [0.5, 0.6) is 11.5 Å². The van der Waals surface area contributed by atoms with Gasteiger partial charge in [-0.2, -0.15) is 5.10 Å². The van der Waals surface area contributed by atoms with Gasteiger partial charge in [0.2, 0.25) is 5.91 Å². The van der Waals surface area contributed by atoms with E-state index in [1.165, 1.54) is 0 Å². The number of amides is 2. The molecule has 1 aliphatic heterocycles. The Labute approximate surface area is 212 Å². The normalized spacial score (nSPS) is 15.4. The Morgan fingerprint density at radius 2 is 1.86 bits per heavy atom. The minimum atomic E-state index is -0.208. The number of carbonyl (C=O) groups is 2. The van der Waals surface area contributed by atoms with E-state index in [0.29, 0.717) is 42.4 Å². The number of rotatable bonds is 9. The molecule has 2 aromatic carbocycles. The van der Waals surface area contributed by atoms with Gasteiger partial charge in [0, 0.05) is 31.4 Å². The Bertz CT molecular complexity index is 1190. The van der Waals surface area contributed by atoms with Crippen LogP contribution in [0.1, 0.15) is 43.1 Å². The van der Waals surface area contributed by atoms with E-state index in [9.17, 15) is 9.59 Å². The van der Waals surface area contributed by atoms with E-state index in [1.54, 1.807) is 23.8 Å². The van der Waals surface area contributed by atoms with Crippen LogP contribution in [-0.2, 0) is 4.79 Å². The monoisotopic (exact) mass is 490 g/mol. The van der Waals surface area contributed by atoms with Gasteiger partial charge in [-0.05, 0) is 49.1 Å². The van der Waals surface area contributed by atoms with Gasteiger partial charge >= 0.3 is 0 Å². The molecular formula is C28H34N4O4. The lowest BCUT2D eigenvalue weighted by Gasteiger charge is -2.31. The Balaban J connectivity index is 1.66. The summed E-state index contributed by atoms with van der Waals surface area (Å²) in [6.07, 6.45) is 5.40. The van der Waals surface area contributed by atoms with Crippen molar-refractivity contribution in [2.45, 2.75) is 32.6 Å². The smallest absolute Gasteiger partial charge is 0.275 e. The van der Waals surface area contributed by atoms with Gasteiger partial charge < -0.3 is 19.7 Å². The summed E-state index contributed by atoms with van der Waals surface area (Å²) in [5, 5.41) is 7.73. The summed E-state index contributed by atoms with van der Waals surface area (Å²) in [5.74, 6) is 0.817. The molecule has 190 valence electrons. The van der Waals surface area contributed by atoms with Crippen LogP contribution in [0.4, 0.5) is 0 Å². The molecule has 0 aliphatic carbocycles. The second-order valence-corrected chi connectivity index (χ2v) is 8.98. The molecule has 1 unspecified atom stereocenters. The number of benzene rings is 2. The van der Waals surface area contributed by atoms with Crippen molar-refractivity contribution in [2.24, 2.45) is 5.92 Å². The summed E-state index contributed by atoms with van der Waals surface area (Å²) in [5.41, 5.74) is 2.69. The van der Waals surface area contributed by atoms with E-state index < -0.39 is 0 Å². The first-order valence-electron chi connectivity index (χ1n) is 12.5. The third-order valence-corrected chi connectivity index (χ3v) is 6.54. The average molecular weight is 491 g/mol. The van der Waals surface area contributed by atoms with Crippen LogP contribution in [0.15, 0.2) is 54.7 Å². The Morgan fingerprint density at radius 3 is 2.58 bits per heavy atom. The van der Waals surface area contributed by atoms with Gasteiger partial charge in [0.25, 0.3) is 5.91 Å². The first-order valence-corrected chi connectivity index (χ1v) is 12.5.